The Kier molecular flexibility index (Phi) is 8.25. The Morgan fingerprint density at radius 2 is 1.97 bits per heavy atom. The number of nitrogens with one attached hydrogen (secondary N) is 1. The fourth-order valence-electron chi connectivity index (χ4n) is 4.54. The van der Waals surface area contributed by atoms with E-state index in [0.29, 0.717) is 18.7 Å². The van der Waals surface area contributed by atoms with E-state index in [9.17, 15) is 19.1 Å². The molecule has 0 saturated heterocycles. The van der Waals surface area contributed by atoms with Crippen molar-refractivity contribution in [3.63, 3.8) is 0 Å². The van der Waals surface area contributed by atoms with Crippen molar-refractivity contribution in [2.24, 2.45) is 11.3 Å². The average molecular weight is 487 g/mol. The molecule has 0 spiro atoms. The summed E-state index contributed by atoms with van der Waals surface area (Å²) in [4.78, 5) is 34.3. The molecule has 1 aliphatic rings. The molecular weight excluding hydrogens is 451 g/mol. The Morgan fingerprint density at radius 1 is 1.31 bits per heavy atom. The number of pyridine rings is 1. The third-order valence-corrected chi connectivity index (χ3v) is 6.56. The summed E-state index contributed by atoms with van der Waals surface area (Å²) in [6.07, 6.45) is 0.107. The number of carbonyl (C=O) groups is 2. The summed E-state index contributed by atoms with van der Waals surface area (Å²) in [6, 6.07) is 8.00. The number of aliphatic hydroxyl groups excluding tert-OH is 1. The van der Waals surface area contributed by atoms with Gasteiger partial charge in [-0.3, -0.25) is 19.9 Å². The molecular formula is C26H35FN4O4. The van der Waals surface area contributed by atoms with Crippen molar-refractivity contribution in [1.29, 1.82) is 0 Å². The van der Waals surface area contributed by atoms with Crippen molar-refractivity contribution >= 4 is 17.4 Å². The van der Waals surface area contributed by atoms with E-state index < -0.39 is 23.8 Å². The molecule has 0 radical (unpaired) electrons. The van der Waals surface area contributed by atoms with Crippen LogP contribution < -0.4 is 10.2 Å². The Labute approximate surface area is 206 Å². The molecule has 8 nitrogen and oxygen atoms in total. The molecule has 0 bridgehead atoms. The van der Waals surface area contributed by atoms with E-state index in [1.165, 1.54) is 19.2 Å². The van der Waals surface area contributed by atoms with E-state index in [1.807, 2.05) is 26.8 Å². The first kappa shape index (κ1) is 26.7. The van der Waals surface area contributed by atoms with E-state index in [1.54, 1.807) is 42.2 Å². The van der Waals surface area contributed by atoms with Crippen LogP contribution in [-0.4, -0.2) is 73.4 Å². The number of ketones is 1. The van der Waals surface area contributed by atoms with Gasteiger partial charge in [0, 0.05) is 33.4 Å². The Hall–Kier alpha value is -2.88. The van der Waals surface area contributed by atoms with Gasteiger partial charge in [0.2, 0.25) is 5.91 Å². The van der Waals surface area contributed by atoms with Crippen LogP contribution in [0.1, 0.15) is 42.4 Å². The fraction of sp³-hybridized carbons (Fsp3) is 0.500. The van der Waals surface area contributed by atoms with E-state index in [2.05, 4.69) is 10.3 Å². The summed E-state index contributed by atoms with van der Waals surface area (Å²) < 4.78 is 18.8. The highest BCUT2D eigenvalue weighted by Gasteiger charge is 2.47. The van der Waals surface area contributed by atoms with Gasteiger partial charge in [0.05, 0.1) is 11.1 Å². The Balaban J connectivity index is 2.05. The number of carbonyl (C=O) groups excluding carboxylic acids is 2. The quantitative estimate of drug-likeness (QED) is 0.526. The van der Waals surface area contributed by atoms with Crippen LogP contribution in [0.3, 0.4) is 0 Å². The summed E-state index contributed by atoms with van der Waals surface area (Å²) in [5, 5.41) is 14.4. The van der Waals surface area contributed by atoms with Crippen molar-refractivity contribution in [2.45, 2.75) is 39.6 Å². The highest BCUT2D eigenvalue weighted by molar-refractivity contribution is 6.04. The molecule has 2 N–H and O–H groups in total. The van der Waals surface area contributed by atoms with Crippen molar-refractivity contribution in [3.8, 4) is 0 Å². The molecule has 0 saturated carbocycles. The molecule has 9 heteroatoms. The second-order valence-corrected chi connectivity index (χ2v) is 9.59. The van der Waals surface area contributed by atoms with E-state index in [-0.39, 0.29) is 29.7 Å². The van der Waals surface area contributed by atoms with Gasteiger partial charge in [0.1, 0.15) is 29.9 Å². The lowest BCUT2D eigenvalue weighted by molar-refractivity contribution is -0.138. The van der Waals surface area contributed by atoms with Crippen LogP contribution in [0.15, 0.2) is 36.5 Å². The van der Waals surface area contributed by atoms with E-state index in [4.69, 9.17) is 4.74 Å². The van der Waals surface area contributed by atoms with Gasteiger partial charge in [-0.2, -0.15) is 0 Å². The molecule has 35 heavy (non-hydrogen) atoms. The summed E-state index contributed by atoms with van der Waals surface area (Å²) in [6.45, 7) is 6.25. The number of amides is 1. The summed E-state index contributed by atoms with van der Waals surface area (Å²) in [5.41, 5.74) is 1.50. The van der Waals surface area contributed by atoms with Crippen molar-refractivity contribution in [1.82, 2.24) is 15.2 Å². The first-order valence-corrected chi connectivity index (χ1v) is 11.7. The maximum Gasteiger partial charge on any atom is 0.229 e. The van der Waals surface area contributed by atoms with Crippen LogP contribution in [-0.2, 0) is 16.0 Å². The number of fused-ring (bicyclic) bond motifs is 1. The molecule has 2 aromatic rings. The molecule has 2 heterocycles. The summed E-state index contributed by atoms with van der Waals surface area (Å²) in [7, 11) is 4.85. The molecule has 1 amide bonds. The minimum atomic E-state index is -1.24. The Morgan fingerprint density at radius 3 is 2.54 bits per heavy atom. The second-order valence-electron chi connectivity index (χ2n) is 9.59. The standard InChI is InChI=1S/C26H35FN4O4/c1-7-30(5)25(34)26(2,3)15-31-19-13-17(12-16-8-10-18(27)11-9-16)14-29-21(19)22(32)20(24(31)33)23(28-4)35-6/h8-11,13-14,20,23-24,28,33H,7,12,15H2,1-6H3. The van der Waals surface area contributed by atoms with Crippen LogP contribution >= 0.6 is 0 Å². The minimum absolute atomic E-state index is 0.0745. The summed E-state index contributed by atoms with van der Waals surface area (Å²) >= 11 is 0. The first-order chi connectivity index (χ1) is 16.5. The third-order valence-electron chi connectivity index (χ3n) is 6.56. The molecule has 0 fully saturated rings. The lowest BCUT2D eigenvalue weighted by atomic mass is 9.85. The van der Waals surface area contributed by atoms with Gasteiger partial charge < -0.3 is 19.6 Å². The number of hydrogen-bond donors (Lipinski definition) is 2. The molecule has 3 atom stereocenters. The molecule has 0 aliphatic carbocycles. The van der Waals surface area contributed by atoms with Gasteiger partial charge in [-0.1, -0.05) is 12.1 Å². The van der Waals surface area contributed by atoms with Crippen LogP contribution in [0.25, 0.3) is 0 Å². The highest BCUT2D eigenvalue weighted by atomic mass is 19.1. The minimum Gasteiger partial charge on any atom is -0.373 e. The third kappa shape index (κ3) is 5.52. The highest BCUT2D eigenvalue weighted by Crippen LogP contribution is 2.37. The Bertz CT molecular complexity index is 1060. The number of rotatable bonds is 9. The normalized spacial score (nSPS) is 18.9. The smallest absolute Gasteiger partial charge is 0.229 e. The van der Waals surface area contributed by atoms with Gasteiger partial charge in [-0.15, -0.1) is 0 Å². The summed E-state index contributed by atoms with van der Waals surface area (Å²) in [5.74, 6) is -1.67. The van der Waals surface area contributed by atoms with Crippen LogP contribution in [0.4, 0.5) is 10.1 Å². The first-order valence-electron chi connectivity index (χ1n) is 11.7. The average Bonchev–Trinajstić information content (AvgIpc) is 2.84. The van der Waals surface area contributed by atoms with E-state index >= 15 is 0 Å². The number of aromatic nitrogens is 1. The molecule has 190 valence electrons. The van der Waals surface area contributed by atoms with Crippen molar-refractivity contribution in [3.05, 3.63) is 59.2 Å². The SMILES string of the molecule is CCN(C)C(=O)C(C)(C)CN1c2cc(Cc3ccc(F)cc3)cnc2C(=O)C(C(NC)OC)C1O. The number of ether oxygens (including phenoxy) is 1. The monoisotopic (exact) mass is 486 g/mol. The lowest BCUT2D eigenvalue weighted by Gasteiger charge is -2.44. The van der Waals surface area contributed by atoms with Crippen molar-refractivity contribution < 1.29 is 23.8 Å². The number of anilines is 1. The molecule has 1 aliphatic heterocycles. The zero-order valence-electron chi connectivity index (χ0n) is 21.2. The number of hydrogen-bond acceptors (Lipinski definition) is 7. The van der Waals surface area contributed by atoms with Gasteiger partial charge >= 0.3 is 0 Å². The predicted octanol–water partition coefficient (Wildman–Crippen LogP) is 2.45. The number of aliphatic hydroxyl groups is 1. The topological polar surface area (TPSA) is 95.0 Å². The van der Waals surface area contributed by atoms with Gasteiger partial charge in [0.15, 0.2) is 5.78 Å². The number of halogens is 1. The maximum absolute atomic E-state index is 13.4. The van der Waals surface area contributed by atoms with Gasteiger partial charge in [-0.05, 0) is 63.6 Å². The number of benzene rings is 1. The maximum atomic E-state index is 13.4. The fourth-order valence-corrected chi connectivity index (χ4v) is 4.54. The number of Topliss-reactive ketones (excluding diaryl/α,β-unsaturated/α-hetero) is 1. The lowest BCUT2D eigenvalue weighted by Crippen LogP contribution is -2.59. The van der Waals surface area contributed by atoms with Crippen molar-refractivity contribution in [2.75, 3.05) is 39.2 Å². The molecule has 1 aromatic heterocycles. The zero-order chi connectivity index (χ0) is 25.9. The second kappa shape index (κ2) is 10.8. The van der Waals surface area contributed by atoms with Gasteiger partial charge in [-0.25, -0.2) is 4.39 Å². The van der Waals surface area contributed by atoms with E-state index in [0.717, 1.165) is 11.1 Å². The number of methoxy groups -OCH3 is 1. The number of nitrogens with zero attached hydrogens (tertiary/aromatic N) is 3. The van der Waals surface area contributed by atoms with Gasteiger partial charge in [0.25, 0.3) is 0 Å². The largest absolute Gasteiger partial charge is 0.373 e. The van der Waals surface area contributed by atoms with Crippen LogP contribution in [0, 0.1) is 17.2 Å². The molecule has 1 aromatic carbocycles. The predicted molar refractivity (Wildman–Crippen MR) is 132 cm³/mol. The molecule has 3 rings (SSSR count). The zero-order valence-corrected chi connectivity index (χ0v) is 21.2. The van der Waals surface area contributed by atoms with Crippen LogP contribution in [0.2, 0.25) is 0 Å². The molecule has 3 unspecified atom stereocenters. The van der Waals surface area contributed by atoms with Crippen LogP contribution in [0.5, 0.6) is 0 Å².